The largest absolute Gasteiger partial charge is 0.323 e. The van der Waals surface area contributed by atoms with E-state index in [1.807, 2.05) is 12.3 Å². The average molecular weight is 243 g/mol. The number of likely N-dealkylation sites (tertiary alicyclic amines) is 1. The maximum atomic E-state index is 13.1. The number of amides is 2. The summed E-state index contributed by atoms with van der Waals surface area (Å²) in [5.74, 6) is 0. The molecule has 1 fully saturated rings. The first-order chi connectivity index (χ1) is 7.65. The molecule has 2 heterocycles. The van der Waals surface area contributed by atoms with Gasteiger partial charge in [-0.3, -0.25) is 5.32 Å². The zero-order valence-electron chi connectivity index (χ0n) is 9.07. The number of aryl methyl sites for hydroxylation is 1. The maximum Gasteiger partial charge on any atom is 0.323 e. The summed E-state index contributed by atoms with van der Waals surface area (Å²) in [7, 11) is 0. The van der Waals surface area contributed by atoms with Gasteiger partial charge in [0.2, 0.25) is 0 Å². The van der Waals surface area contributed by atoms with Crippen molar-refractivity contribution in [3.8, 4) is 0 Å². The first-order valence-corrected chi connectivity index (χ1v) is 6.15. The predicted molar refractivity (Wildman–Crippen MR) is 61.6 cm³/mol. The van der Waals surface area contributed by atoms with E-state index in [0.717, 1.165) is 12.1 Å². The molecule has 4 nitrogen and oxygen atoms in total. The van der Waals surface area contributed by atoms with E-state index >= 15 is 0 Å². The van der Waals surface area contributed by atoms with Crippen LogP contribution in [0.2, 0.25) is 0 Å². The highest BCUT2D eigenvalue weighted by molar-refractivity contribution is 7.13. The van der Waals surface area contributed by atoms with Gasteiger partial charge in [-0.25, -0.2) is 14.2 Å². The highest BCUT2D eigenvalue weighted by Gasteiger charge is 2.23. The number of carbonyl (C=O) groups is 1. The van der Waals surface area contributed by atoms with Gasteiger partial charge in [0.15, 0.2) is 5.13 Å². The van der Waals surface area contributed by atoms with Crippen molar-refractivity contribution in [2.45, 2.75) is 25.9 Å². The number of halogens is 1. The first-order valence-electron chi connectivity index (χ1n) is 5.27. The zero-order chi connectivity index (χ0) is 11.5. The lowest BCUT2D eigenvalue weighted by molar-refractivity contribution is 0.153. The minimum absolute atomic E-state index is 0.191. The van der Waals surface area contributed by atoms with Gasteiger partial charge in [0.25, 0.3) is 0 Å². The van der Waals surface area contributed by atoms with Crippen LogP contribution in [-0.2, 0) is 0 Å². The van der Waals surface area contributed by atoms with Crippen LogP contribution in [0.5, 0.6) is 0 Å². The summed E-state index contributed by atoms with van der Waals surface area (Å²) >= 11 is 1.38. The second-order valence-corrected chi connectivity index (χ2v) is 4.77. The molecule has 0 spiro atoms. The highest BCUT2D eigenvalue weighted by Crippen LogP contribution is 2.17. The summed E-state index contributed by atoms with van der Waals surface area (Å²) in [5, 5.41) is 5.12. The quantitative estimate of drug-likeness (QED) is 0.823. The number of piperidine rings is 1. The van der Waals surface area contributed by atoms with Crippen LogP contribution in [-0.4, -0.2) is 35.2 Å². The molecule has 1 N–H and O–H groups in total. The summed E-state index contributed by atoms with van der Waals surface area (Å²) in [6, 6.07) is -0.253. The summed E-state index contributed by atoms with van der Waals surface area (Å²) < 4.78 is 13.1. The number of nitrogens with zero attached hydrogens (tertiary/aromatic N) is 2. The first kappa shape index (κ1) is 11.3. The van der Waals surface area contributed by atoms with E-state index in [9.17, 15) is 9.18 Å². The molecule has 1 saturated heterocycles. The van der Waals surface area contributed by atoms with Crippen molar-refractivity contribution in [2.75, 3.05) is 18.4 Å². The fourth-order valence-electron chi connectivity index (χ4n) is 1.69. The number of nitrogens with one attached hydrogen (secondary N) is 1. The normalized spacial score (nSPS) is 20.9. The Morgan fingerprint density at radius 3 is 3.19 bits per heavy atom. The van der Waals surface area contributed by atoms with Crippen LogP contribution in [0.1, 0.15) is 18.5 Å². The molecule has 0 saturated carbocycles. The number of hydrogen-bond donors (Lipinski definition) is 1. The number of urea groups is 1. The lowest BCUT2D eigenvalue weighted by atomic mass is 10.1. The molecule has 88 valence electrons. The molecule has 16 heavy (non-hydrogen) atoms. The summed E-state index contributed by atoms with van der Waals surface area (Å²) in [6.07, 6.45) is 0.392. The molecule has 1 aromatic rings. The smallest absolute Gasteiger partial charge is 0.322 e. The third-order valence-corrected chi connectivity index (χ3v) is 3.36. The van der Waals surface area contributed by atoms with Gasteiger partial charge in [-0.2, -0.15) is 0 Å². The van der Waals surface area contributed by atoms with Crippen molar-refractivity contribution < 1.29 is 9.18 Å². The Bertz CT molecular complexity index is 382. The Labute approximate surface area is 97.5 Å². The van der Waals surface area contributed by atoms with E-state index in [1.54, 1.807) is 0 Å². The van der Waals surface area contributed by atoms with Crippen molar-refractivity contribution in [3.63, 3.8) is 0 Å². The van der Waals surface area contributed by atoms with Gasteiger partial charge in [0.05, 0.1) is 12.2 Å². The van der Waals surface area contributed by atoms with Crippen LogP contribution in [0.3, 0.4) is 0 Å². The topological polar surface area (TPSA) is 45.2 Å². The number of alkyl halides is 1. The van der Waals surface area contributed by atoms with Gasteiger partial charge in [-0.15, -0.1) is 11.3 Å². The molecule has 0 aliphatic carbocycles. The van der Waals surface area contributed by atoms with Gasteiger partial charge >= 0.3 is 6.03 Å². The van der Waals surface area contributed by atoms with Crippen molar-refractivity contribution in [3.05, 3.63) is 11.1 Å². The van der Waals surface area contributed by atoms with Crippen molar-refractivity contribution in [1.29, 1.82) is 0 Å². The fraction of sp³-hybridized carbons (Fsp3) is 0.600. The molecule has 1 aliphatic rings. The molecule has 1 aliphatic heterocycles. The standard InChI is InChI=1S/C10H14FN3OS/c1-7-6-16-9(12-7)13-10(15)14-4-2-3-8(11)5-14/h6,8H,2-5H2,1H3,(H,12,13,15). The molecule has 1 atom stereocenters. The van der Waals surface area contributed by atoms with Gasteiger partial charge < -0.3 is 4.90 Å². The molecule has 6 heteroatoms. The molecular formula is C10H14FN3OS. The lowest BCUT2D eigenvalue weighted by Gasteiger charge is -2.28. The SMILES string of the molecule is Cc1csc(NC(=O)N2CCCC(F)C2)n1. The minimum atomic E-state index is -0.891. The number of aromatic nitrogens is 1. The number of thiazole rings is 1. The Balaban J connectivity index is 1.92. The van der Waals surface area contributed by atoms with E-state index in [-0.39, 0.29) is 12.6 Å². The lowest BCUT2D eigenvalue weighted by Crippen LogP contribution is -2.43. The van der Waals surface area contributed by atoms with Crippen molar-refractivity contribution in [2.24, 2.45) is 0 Å². The van der Waals surface area contributed by atoms with Gasteiger partial charge in [0, 0.05) is 11.9 Å². The predicted octanol–water partition coefficient (Wildman–Crippen LogP) is 2.42. The molecule has 0 aromatic carbocycles. The number of anilines is 1. The van der Waals surface area contributed by atoms with Crippen LogP contribution in [0, 0.1) is 6.92 Å². The van der Waals surface area contributed by atoms with Gasteiger partial charge in [0.1, 0.15) is 6.17 Å². The van der Waals surface area contributed by atoms with E-state index in [1.165, 1.54) is 16.2 Å². The second-order valence-electron chi connectivity index (χ2n) is 3.91. The summed E-state index contributed by atoms with van der Waals surface area (Å²) in [5.41, 5.74) is 0.877. The molecular weight excluding hydrogens is 229 g/mol. The number of carbonyl (C=O) groups excluding carboxylic acids is 1. The Kier molecular flexibility index (Phi) is 3.38. The Morgan fingerprint density at radius 2 is 2.56 bits per heavy atom. The molecule has 0 bridgehead atoms. The maximum absolute atomic E-state index is 13.1. The van der Waals surface area contributed by atoms with E-state index in [0.29, 0.717) is 18.1 Å². The van der Waals surface area contributed by atoms with Crippen LogP contribution in [0.25, 0.3) is 0 Å². The summed E-state index contributed by atoms with van der Waals surface area (Å²) in [4.78, 5) is 17.4. The molecule has 1 unspecified atom stereocenters. The van der Waals surface area contributed by atoms with Crippen LogP contribution < -0.4 is 5.32 Å². The monoisotopic (exact) mass is 243 g/mol. The van der Waals surface area contributed by atoms with E-state index < -0.39 is 6.17 Å². The van der Waals surface area contributed by atoms with Crippen LogP contribution in [0.15, 0.2) is 5.38 Å². The minimum Gasteiger partial charge on any atom is -0.322 e. The average Bonchev–Trinajstić information content (AvgIpc) is 2.64. The molecule has 0 radical (unpaired) electrons. The summed E-state index contributed by atoms with van der Waals surface area (Å²) in [6.45, 7) is 2.68. The van der Waals surface area contributed by atoms with E-state index in [2.05, 4.69) is 10.3 Å². The fourth-order valence-corrected chi connectivity index (χ4v) is 2.37. The third-order valence-electron chi connectivity index (χ3n) is 2.48. The Hall–Kier alpha value is -1.17. The van der Waals surface area contributed by atoms with Crippen molar-refractivity contribution >= 4 is 22.5 Å². The van der Waals surface area contributed by atoms with Crippen LogP contribution >= 0.6 is 11.3 Å². The third kappa shape index (κ3) is 2.69. The van der Waals surface area contributed by atoms with Gasteiger partial charge in [-0.05, 0) is 19.8 Å². The number of rotatable bonds is 1. The second kappa shape index (κ2) is 4.78. The number of hydrogen-bond acceptors (Lipinski definition) is 3. The van der Waals surface area contributed by atoms with Gasteiger partial charge in [-0.1, -0.05) is 0 Å². The molecule has 2 rings (SSSR count). The highest BCUT2D eigenvalue weighted by atomic mass is 32.1. The molecule has 2 amide bonds. The van der Waals surface area contributed by atoms with E-state index in [4.69, 9.17) is 0 Å². The van der Waals surface area contributed by atoms with Crippen molar-refractivity contribution in [1.82, 2.24) is 9.88 Å². The zero-order valence-corrected chi connectivity index (χ0v) is 9.89. The van der Waals surface area contributed by atoms with Crippen LogP contribution in [0.4, 0.5) is 14.3 Å². The Morgan fingerprint density at radius 1 is 1.75 bits per heavy atom. The molecule has 1 aromatic heterocycles.